The van der Waals surface area contributed by atoms with E-state index in [0.717, 1.165) is 24.3 Å². The van der Waals surface area contributed by atoms with Crippen molar-refractivity contribution in [3.8, 4) is 45.8 Å². The fraction of sp³-hybridized carbons (Fsp3) is 0.444. The average molecular weight is 643 g/mol. The van der Waals surface area contributed by atoms with Crippen molar-refractivity contribution >= 4 is 11.0 Å². The molecule has 2 aliphatic rings. The third-order valence-corrected chi connectivity index (χ3v) is 7.42. The minimum Gasteiger partial charge on any atom is -0.507 e. The normalized spacial score (nSPS) is 32.0. The molecular formula is C27H30O18. The first-order valence-corrected chi connectivity index (χ1v) is 13.3. The fourth-order valence-electron chi connectivity index (χ4n) is 4.94. The van der Waals surface area contributed by atoms with E-state index in [1.165, 1.54) is 0 Å². The lowest BCUT2D eigenvalue weighted by molar-refractivity contribution is -0.277. The smallest absolute Gasteiger partial charge is 0.239 e. The number of rotatable bonds is 7. The predicted molar refractivity (Wildman–Crippen MR) is 143 cm³/mol. The van der Waals surface area contributed by atoms with Gasteiger partial charge < -0.3 is 84.6 Å². The monoisotopic (exact) mass is 642 g/mol. The summed E-state index contributed by atoms with van der Waals surface area (Å²) in [5.41, 5.74) is -1.89. The van der Waals surface area contributed by atoms with Crippen molar-refractivity contribution in [2.45, 2.75) is 61.4 Å². The quantitative estimate of drug-likeness (QED) is 0.112. The summed E-state index contributed by atoms with van der Waals surface area (Å²) in [7, 11) is 0. The molecule has 0 aliphatic carbocycles. The van der Waals surface area contributed by atoms with Crippen LogP contribution < -0.4 is 14.9 Å². The summed E-state index contributed by atoms with van der Waals surface area (Å²) in [6.45, 7) is -1.59. The summed E-state index contributed by atoms with van der Waals surface area (Å²) in [5.74, 6) is -5.21. The van der Waals surface area contributed by atoms with Crippen LogP contribution in [0.2, 0.25) is 0 Å². The van der Waals surface area contributed by atoms with E-state index in [-0.39, 0.29) is 11.3 Å². The SMILES string of the molecule is O=c1c(O[C@@H]2O[C@H](CO)[C@@H](O)[C@H](O)[C@H]2O)c(-c2cc(O)c(O)c(O)c2)oc2cc(O[C@@H]3O[C@@H](CO)[C@@H](O)[C@H](O)[C@H]3O)cc(O)c12. The average Bonchev–Trinajstić information content (AvgIpc) is 3.00. The van der Waals surface area contributed by atoms with E-state index in [9.17, 15) is 66.1 Å². The van der Waals surface area contributed by atoms with Crippen LogP contribution >= 0.6 is 0 Å². The maximum atomic E-state index is 13.8. The van der Waals surface area contributed by atoms with Crippen LogP contribution in [0.1, 0.15) is 0 Å². The van der Waals surface area contributed by atoms with Gasteiger partial charge in [0.15, 0.2) is 23.0 Å². The van der Waals surface area contributed by atoms with Crippen molar-refractivity contribution < 1.29 is 84.6 Å². The molecular weight excluding hydrogens is 612 g/mol. The highest BCUT2D eigenvalue weighted by Crippen LogP contribution is 2.43. The van der Waals surface area contributed by atoms with E-state index in [1.807, 2.05) is 0 Å². The van der Waals surface area contributed by atoms with Gasteiger partial charge in [-0.05, 0) is 12.1 Å². The fourth-order valence-corrected chi connectivity index (χ4v) is 4.94. The molecule has 18 heteroatoms. The highest BCUT2D eigenvalue weighted by Gasteiger charge is 2.46. The molecule has 2 aliphatic heterocycles. The highest BCUT2D eigenvalue weighted by atomic mass is 16.7. The van der Waals surface area contributed by atoms with Gasteiger partial charge >= 0.3 is 0 Å². The van der Waals surface area contributed by atoms with E-state index >= 15 is 0 Å². The molecule has 5 rings (SSSR count). The number of ether oxygens (including phenoxy) is 4. The Morgan fingerprint density at radius 2 is 1.16 bits per heavy atom. The lowest BCUT2D eigenvalue weighted by Gasteiger charge is -2.39. The van der Waals surface area contributed by atoms with Gasteiger partial charge in [-0.25, -0.2) is 0 Å². The summed E-state index contributed by atoms with van der Waals surface area (Å²) >= 11 is 0. The minimum absolute atomic E-state index is 0.305. The number of aliphatic hydroxyl groups excluding tert-OH is 8. The molecule has 0 bridgehead atoms. The van der Waals surface area contributed by atoms with Gasteiger partial charge in [0.25, 0.3) is 0 Å². The highest BCUT2D eigenvalue weighted by molar-refractivity contribution is 5.88. The number of aromatic hydroxyl groups is 4. The third-order valence-electron chi connectivity index (χ3n) is 7.42. The molecule has 2 aromatic carbocycles. The van der Waals surface area contributed by atoms with Crippen molar-refractivity contribution in [2.24, 2.45) is 0 Å². The Morgan fingerprint density at radius 1 is 0.644 bits per heavy atom. The van der Waals surface area contributed by atoms with Gasteiger partial charge in [-0.3, -0.25) is 4.79 Å². The van der Waals surface area contributed by atoms with Crippen LogP contribution in [0.4, 0.5) is 0 Å². The second kappa shape index (κ2) is 12.4. The first kappa shape index (κ1) is 32.4. The van der Waals surface area contributed by atoms with Crippen molar-refractivity contribution in [3.63, 3.8) is 0 Å². The largest absolute Gasteiger partial charge is 0.507 e. The standard InChI is InChI=1S/C27H30O18/c28-5-13-17(34)20(37)22(39)26(43-13)41-8-3-9(30)15-12(4-8)42-24(7-1-10(31)16(33)11(32)2-7)25(19(15)36)45-27-23(40)21(38)18(35)14(6-29)44-27/h1-4,13-14,17-18,20-23,26-35,37-40H,5-6H2/t13-,14+,17+,18+,20-,21-,22+,23+,26+,27-/m0/s1. The number of hydrogen-bond acceptors (Lipinski definition) is 18. The number of fused-ring (bicyclic) bond motifs is 1. The minimum atomic E-state index is -1.99. The van der Waals surface area contributed by atoms with Crippen LogP contribution in [0.25, 0.3) is 22.3 Å². The first-order chi connectivity index (χ1) is 21.3. The molecule has 0 spiro atoms. The molecule has 0 unspecified atom stereocenters. The first-order valence-electron chi connectivity index (χ1n) is 13.3. The van der Waals surface area contributed by atoms with Crippen molar-refractivity contribution in [2.75, 3.05) is 13.2 Å². The maximum Gasteiger partial charge on any atom is 0.239 e. The molecule has 3 aromatic rings. The summed E-state index contributed by atoms with van der Waals surface area (Å²) in [4.78, 5) is 13.8. The summed E-state index contributed by atoms with van der Waals surface area (Å²) < 4.78 is 27.5. The van der Waals surface area contributed by atoms with Crippen LogP contribution in [0.3, 0.4) is 0 Å². The Labute approximate surface area is 250 Å². The molecule has 0 radical (unpaired) electrons. The van der Waals surface area contributed by atoms with Crippen LogP contribution in [-0.4, -0.2) is 136 Å². The van der Waals surface area contributed by atoms with Gasteiger partial charge in [0.2, 0.25) is 23.8 Å². The second-order valence-electron chi connectivity index (χ2n) is 10.4. The summed E-state index contributed by atoms with van der Waals surface area (Å²) in [5, 5.41) is 120. The van der Waals surface area contributed by atoms with Gasteiger partial charge in [-0.15, -0.1) is 0 Å². The molecule has 12 N–H and O–H groups in total. The number of hydrogen-bond donors (Lipinski definition) is 12. The van der Waals surface area contributed by atoms with Crippen molar-refractivity contribution in [1.29, 1.82) is 0 Å². The maximum absolute atomic E-state index is 13.8. The molecule has 10 atom stereocenters. The van der Waals surface area contributed by atoms with Crippen LogP contribution in [0.5, 0.6) is 34.5 Å². The zero-order chi connectivity index (χ0) is 32.9. The topological polar surface area (TPSA) is 310 Å². The Morgan fingerprint density at radius 3 is 1.67 bits per heavy atom. The van der Waals surface area contributed by atoms with E-state index in [1.54, 1.807) is 0 Å². The van der Waals surface area contributed by atoms with Crippen molar-refractivity contribution in [1.82, 2.24) is 0 Å². The van der Waals surface area contributed by atoms with E-state index in [0.29, 0.717) is 0 Å². The second-order valence-corrected chi connectivity index (χ2v) is 10.4. The Kier molecular flexibility index (Phi) is 8.97. The van der Waals surface area contributed by atoms with Crippen LogP contribution in [0, 0.1) is 0 Å². The van der Waals surface area contributed by atoms with E-state index in [4.69, 9.17) is 23.4 Å². The molecule has 246 valence electrons. The predicted octanol–water partition coefficient (Wildman–Crippen LogP) is -3.36. The lowest BCUT2D eigenvalue weighted by atomic mass is 9.99. The molecule has 45 heavy (non-hydrogen) atoms. The van der Waals surface area contributed by atoms with E-state index < -0.39 is 126 Å². The van der Waals surface area contributed by atoms with Crippen LogP contribution in [0.15, 0.2) is 33.5 Å². The number of phenols is 4. The van der Waals surface area contributed by atoms with Gasteiger partial charge in [-0.2, -0.15) is 0 Å². The Balaban J connectivity index is 1.62. The van der Waals surface area contributed by atoms with Gasteiger partial charge in [0.05, 0.1) is 13.2 Å². The van der Waals surface area contributed by atoms with E-state index in [2.05, 4.69) is 0 Å². The molecule has 1 aromatic heterocycles. The molecule has 18 nitrogen and oxygen atoms in total. The van der Waals surface area contributed by atoms with Gasteiger partial charge in [-0.1, -0.05) is 0 Å². The van der Waals surface area contributed by atoms with Crippen molar-refractivity contribution in [3.05, 3.63) is 34.5 Å². The van der Waals surface area contributed by atoms with Crippen LogP contribution in [-0.2, 0) is 9.47 Å². The molecule has 0 amide bonds. The summed E-state index contributed by atoms with van der Waals surface area (Å²) in [6.07, 6.45) is -17.4. The molecule has 2 saturated heterocycles. The number of benzene rings is 2. The van der Waals surface area contributed by atoms with Gasteiger partial charge in [0.1, 0.15) is 71.3 Å². The zero-order valence-electron chi connectivity index (χ0n) is 22.8. The Bertz CT molecular complexity index is 1580. The molecule has 3 heterocycles. The number of phenolic OH excluding ortho intramolecular Hbond substituents is 4. The lowest BCUT2D eigenvalue weighted by Crippen LogP contribution is -2.60. The van der Waals surface area contributed by atoms with Gasteiger partial charge in [0, 0.05) is 17.7 Å². The Hall–Kier alpha value is -3.95. The third kappa shape index (κ3) is 5.79. The zero-order valence-corrected chi connectivity index (χ0v) is 22.8. The molecule has 0 saturated carbocycles. The summed E-state index contributed by atoms with van der Waals surface area (Å²) in [6, 6.07) is 3.62. The molecule has 2 fully saturated rings. The number of aliphatic hydroxyl groups is 8.